The molecule has 0 aliphatic rings. The summed E-state index contributed by atoms with van der Waals surface area (Å²) in [5.74, 6) is 0.0608. The van der Waals surface area contributed by atoms with Crippen molar-refractivity contribution in [1.82, 2.24) is 9.78 Å². The highest BCUT2D eigenvalue weighted by molar-refractivity contribution is 9.10. The number of methoxy groups -OCH3 is 1. The molecular formula is C14H16BrFN2O2. The first-order valence-corrected chi connectivity index (χ1v) is 6.99. The molecule has 108 valence electrons. The molecule has 0 fully saturated rings. The summed E-state index contributed by atoms with van der Waals surface area (Å²) in [5, 5.41) is 14.7. The number of ether oxygens (including phenoxy) is 1. The number of aliphatic hydroxyl groups is 1. The van der Waals surface area contributed by atoms with Crippen LogP contribution in [0.5, 0.6) is 5.75 Å². The fourth-order valence-electron chi connectivity index (χ4n) is 2.03. The van der Waals surface area contributed by atoms with Crippen LogP contribution in [0.4, 0.5) is 4.39 Å². The van der Waals surface area contributed by atoms with Gasteiger partial charge in [-0.1, -0.05) is 6.07 Å². The van der Waals surface area contributed by atoms with Crippen LogP contribution in [0, 0.1) is 5.82 Å². The molecule has 0 amide bonds. The van der Waals surface area contributed by atoms with Crippen LogP contribution in [-0.2, 0) is 0 Å². The van der Waals surface area contributed by atoms with Gasteiger partial charge in [-0.25, -0.2) is 4.39 Å². The van der Waals surface area contributed by atoms with Gasteiger partial charge in [0.05, 0.1) is 17.8 Å². The predicted molar refractivity (Wildman–Crippen MR) is 77.3 cm³/mol. The van der Waals surface area contributed by atoms with E-state index in [-0.39, 0.29) is 6.04 Å². The molecular weight excluding hydrogens is 327 g/mol. The molecule has 1 aromatic heterocycles. The molecule has 0 aliphatic carbocycles. The highest BCUT2D eigenvalue weighted by Gasteiger charge is 2.23. The molecule has 1 heterocycles. The molecule has 1 N–H and O–H groups in total. The lowest BCUT2D eigenvalue weighted by Crippen LogP contribution is -2.13. The van der Waals surface area contributed by atoms with Crippen molar-refractivity contribution in [1.29, 1.82) is 0 Å². The number of aromatic nitrogens is 2. The number of halogens is 2. The van der Waals surface area contributed by atoms with Crippen molar-refractivity contribution in [3.63, 3.8) is 0 Å². The maximum atomic E-state index is 13.6. The summed E-state index contributed by atoms with van der Waals surface area (Å²) < 4.78 is 20.9. The Hall–Kier alpha value is -1.40. The summed E-state index contributed by atoms with van der Waals surface area (Å²) in [4.78, 5) is 0. The van der Waals surface area contributed by atoms with E-state index in [0.717, 1.165) is 0 Å². The Morgan fingerprint density at radius 2 is 2.10 bits per heavy atom. The maximum absolute atomic E-state index is 13.6. The van der Waals surface area contributed by atoms with Gasteiger partial charge in [-0.05, 0) is 47.5 Å². The Morgan fingerprint density at radius 3 is 2.65 bits per heavy atom. The molecule has 1 aromatic carbocycles. The molecule has 4 nitrogen and oxygen atoms in total. The van der Waals surface area contributed by atoms with E-state index in [4.69, 9.17) is 4.74 Å². The topological polar surface area (TPSA) is 47.3 Å². The summed E-state index contributed by atoms with van der Waals surface area (Å²) in [6.45, 7) is 3.90. The summed E-state index contributed by atoms with van der Waals surface area (Å²) in [6.07, 6.45) is 0.547. The van der Waals surface area contributed by atoms with Gasteiger partial charge in [0, 0.05) is 6.04 Å². The summed E-state index contributed by atoms with van der Waals surface area (Å²) >= 11 is 3.09. The third kappa shape index (κ3) is 2.71. The molecule has 2 aromatic rings. The van der Waals surface area contributed by atoms with Gasteiger partial charge in [0.25, 0.3) is 0 Å². The minimum atomic E-state index is -1.00. The van der Waals surface area contributed by atoms with Crippen molar-refractivity contribution >= 4 is 15.9 Å². The van der Waals surface area contributed by atoms with Crippen LogP contribution < -0.4 is 4.74 Å². The van der Waals surface area contributed by atoms with Crippen LogP contribution in [0.2, 0.25) is 0 Å². The zero-order valence-corrected chi connectivity index (χ0v) is 13.1. The van der Waals surface area contributed by atoms with Crippen molar-refractivity contribution in [3.8, 4) is 5.75 Å². The van der Waals surface area contributed by atoms with Crippen molar-refractivity contribution in [2.75, 3.05) is 7.11 Å². The fourth-order valence-corrected chi connectivity index (χ4v) is 2.27. The molecule has 2 rings (SSSR count). The average molecular weight is 343 g/mol. The van der Waals surface area contributed by atoms with E-state index in [2.05, 4.69) is 21.0 Å². The first-order valence-electron chi connectivity index (χ1n) is 6.20. The summed E-state index contributed by atoms with van der Waals surface area (Å²) in [7, 11) is 1.51. The Morgan fingerprint density at radius 1 is 1.40 bits per heavy atom. The molecule has 0 spiro atoms. The normalized spacial score (nSPS) is 12.8. The van der Waals surface area contributed by atoms with Gasteiger partial charge < -0.3 is 9.84 Å². The van der Waals surface area contributed by atoms with Gasteiger partial charge in [-0.2, -0.15) is 5.10 Å². The molecule has 0 radical (unpaired) electrons. The number of hydrogen-bond donors (Lipinski definition) is 1. The third-order valence-electron chi connectivity index (χ3n) is 3.03. The SMILES string of the molecule is COc1cnn(C(C)C)c1C(O)c1ccc(Br)c(F)c1. The van der Waals surface area contributed by atoms with Crippen LogP contribution in [0.15, 0.2) is 28.9 Å². The van der Waals surface area contributed by atoms with Crippen molar-refractivity contribution in [2.24, 2.45) is 0 Å². The number of hydrogen-bond acceptors (Lipinski definition) is 3. The monoisotopic (exact) mass is 342 g/mol. The van der Waals surface area contributed by atoms with Crippen LogP contribution in [-0.4, -0.2) is 22.0 Å². The molecule has 0 aliphatic heterocycles. The molecule has 0 bridgehead atoms. The average Bonchev–Trinajstić information content (AvgIpc) is 2.85. The van der Waals surface area contributed by atoms with Gasteiger partial charge in [0.1, 0.15) is 17.6 Å². The van der Waals surface area contributed by atoms with E-state index in [0.29, 0.717) is 21.5 Å². The molecule has 20 heavy (non-hydrogen) atoms. The zero-order chi connectivity index (χ0) is 14.9. The number of aliphatic hydroxyl groups excluding tert-OH is 1. The van der Waals surface area contributed by atoms with E-state index in [9.17, 15) is 9.50 Å². The van der Waals surface area contributed by atoms with Crippen LogP contribution in [0.3, 0.4) is 0 Å². The highest BCUT2D eigenvalue weighted by atomic mass is 79.9. The maximum Gasteiger partial charge on any atom is 0.163 e. The van der Waals surface area contributed by atoms with Crippen LogP contribution in [0.25, 0.3) is 0 Å². The van der Waals surface area contributed by atoms with E-state index >= 15 is 0 Å². The lowest BCUT2D eigenvalue weighted by Gasteiger charge is -2.17. The minimum absolute atomic E-state index is 0.0591. The predicted octanol–water partition coefficient (Wildman–Crippen LogP) is 3.46. The van der Waals surface area contributed by atoms with Gasteiger partial charge >= 0.3 is 0 Å². The van der Waals surface area contributed by atoms with Gasteiger partial charge in [0.15, 0.2) is 5.75 Å². The fraction of sp³-hybridized carbons (Fsp3) is 0.357. The Balaban J connectivity index is 2.49. The first kappa shape index (κ1) is 15.0. The second kappa shape index (κ2) is 5.93. The van der Waals surface area contributed by atoms with Crippen molar-refractivity contribution < 1.29 is 14.2 Å². The standard InChI is InChI=1S/C14H16BrFN2O2/c1-8(2)18-13(12(20-3)7-17-18)14(19)9-4-5-10(15)11(16)6-9/h4-8,14,19H,1-3H3. The lowest BCUT2D eigenvalue weighted by molar-refractivity contribution is 0.199. The number of nitrogens with zero attached hydrogens (tertiary/aromatic N) is 2. The Kier molecular flexibility index (Phi) is 4.45. The third-order valence-corrected chi connectivity index (χ3v) is 3.67. The summed E-state index contributed by atoms with van der Waals surface area (Å²) in [6, 6.07) is 4.58. The Bertz CT molecular complexity index is 613. The van der Waals surface area contributed by atoms with E-state index in [1.54, 1.807) is 23.0 Å². The van der Waals surface area contributed by atoms with Gasteiger partial charge in [0.2, 0.25) is 0 Å². The molecule has 1 atom stereocenters. The highest BCUT2D eigenvalue weighted by Crippen LogP contribution is 2.32. The largest absolute Gasteiger partial charge is 0.493 e. The Labute approximate surface area is 125 Å². The van der Waals surface area contributed by atoms with Crippen molar-refractivity contribution in [3.05, 3.63) is 45.9 Å². The molecule has 0 saturated heterocycles. The second-order valence-electron chi connectivity index (χ2n) is 4.71. The summed E-state index contributed by atoms with van der Waals surface area (Å²) in [5.41, 5.74) is 0.968. The molecule has 6 heteroatoms. The number of rotatable bonds is 4. The minimum Gasteiger partial charge on any atom is -0.493 e. The zero-order valence-electron chi connectivity index (χ0n) is 11.5. The lowest BCUT2D eigenvalue weighted by atomic mass is 10.1. The molecule has 0 saturated carbocycles. The number of benzene rings is 1. The van der Waals surface area contributed by atoms with Gasteiger partial charge in [-0.15, -0.1) is 0 Å². The smallest absolute Gasteiger partial charge is 0.163 e. The van der Waals surface area contributed by atoms with Crippen LogP contribution in [0.1, 0.15) is 37.3 Å². The van der Waals surface area contributed by atoms with Crippen LogP contribution >= 0.6 is 15.9 Å². The van der Waals surface area contributed by atoms with E-state index < -0.39 is 11.9 Å². The molecule has 1 unspecified atom stereocenters. The van der Waals surface area contributed by atoms with Gasteiger partial charge in [-0.3, -0.25) is 4.68 Å². The van der Waals surface area contributed by atoms with E-state index in [1.807, 2.05) is 13.8 Å². The first-order chi connectivity index (χ1) is 9.45. The second-order valence-corrected chi connectivity index (χ2v) is 5.57. The quantitative estimate of drug-likeness (QED) is 0.925. The van der Waals surface area contributed by atoms with Crippen molar-refractivity contribution in [2.45, 2.75) is 26.0 Å². The van der Waals surface area contributed by atoms with E-state index in [1.165, 1.54) is 13.2 Å².